The van der Waals surface area contributed by atoms with E-state index < -0.39 is 23.6 Å². The highest BCUT2D eigenvalue weighted by atomic mass is 19.1. The van der Waals surface area contributed by atoms with Gasteiger partial charge in [0.15, 0.2) is 5.76 Å². The number of halogens is 1. The van der Waals surface area contributed by atoms with E-state index in [1.807, 2.05) is 0 Å². The van der Waals surface area contributed by atoms with Gasteiger partial charge >= 0.3 is 11.7 Å². The van der Waals surface area contributed by atoms with Crippen LogP contribution >= 0.6 is 0 Å². The normalized spacial score (nSPS) is 11.9. The van der Waals surface area contributed by atoms with Crippen LogP contribution in [-0.2, 0) is 17.6 Å². The summed E-state index contributed by atoms with van der Waals surface area (Å²) in [5.41, 5.74) is 6.36. The Morgan fingerprint density at radius 1 is 1.21 bits per heavy atom. The first-order valence-electron chi connectivity index (χ1n) is 8.26. The molecule has 0 amide bonds. The van der Waals surface area contributed by atoms with Gasteiger partial charge in [-0.3, -0.25) is 9.78 Å². The molecule has 1 heterocycles. The summed E-state index contributed by atoms with van der Waals surface area (Å²) >= 11 is 0. The van der Waals surface area contributed by atoms with Gasteiger partial charge < -0.3 is 25.1 Å². The lowest BCUT2D eigenvalue weighted by Crippen LogP contribution is -2.32. The Hall–Kier alpha value is -3.59. The lowest BCUT2D eigenvalue weighted by atomic mass is 10.1. The lowest BCUT2D eigenvalue weighted by Gasteiger charge is -2.10. The molecule has 0 saturated carbocycles. The van der Waals surface area contributed by atoms with E-state index >= 15 is 0 Å². The number of aromatic amines is 1. The molecule has 0 radical (unpaired) electrons. The molecular weight excluding hydrogens is 371 g/mol. The van der Waals surface area contributed by atoms with Gasteiger partial charge in [-0.15, -0.1) is 0 Å². The first-order valence-corrected chi connectivity index (χ1v) is 8.26. The van der Waals surface area contributed by atoms with Gasteiger partial charge in [-0.25, -0.2) is 9.18 Å². The van der Waals surface area contributed by atoms with Crippen LogP contribution < -0.4 is 16.2 Å². The number of benzene rings is 2. The van der Waals surface area contributed by atoms with Crippen LogP contribution in [0.2, 0.25) is 0 Å². The molecule has 0 aliphatic rings. The highest BCUT2D eigenvalue weighted by Gasteiger charge is 2.15. The zero-order chi connectivity index (χ0) is 20.3. The third-order valence-corrected chi connectivity index (χ3v) is 4.01. The average molecular weight is 388 g/mol. The van der Waals surface area contributed by atoms with Gasteiger partial charge in [0.05, 0.1) is 0 Å². The molecule has 3 aromatic rings. The van der Waals surface area contributed by atoms with Gasteiger partial charge in [-0.2, -0.15) is 0 Å². The van der Waals surface area contributed by atoms with Crippen molar-refractivity contribution in [1.29, 1.82) is 0 Å². The molecule has 146 valence electrons. The van der Waals surface area contributed by atoms with Gasteiger partial charge in [-0.05, 0) is 29.3 Å². The number of ether oxygens (including phenoxy) is 1. The number of nitrogens with two attached hydrogens (primary N) is 1. The number of aliphatic carboxylic acids is 1. The predicted octanol–water partition coefficient (Wildman–Crippen LogP) is 2.15. The summed E-state index contributed by atoms with van der Waals surface area (Å²) in [7, 11) is 0. The van der Waals surface area contributed by atoms with Crippen LogP contribution in [0, 0.1) is 5.82 Å². The molecule has 1 aromatic heterocycles. The molecule has 0 saturated heterocycles. The molecule has 2 aromatic carbocycles. The van der Waals surface area contributed by atoms with Crippen molar-refractivity contribution in [3.05, 3.63) is 75.7 Å². The predicted molar refractivity (Wildman–Crippen MR) is 96.0 cm³/mol. The van der Waals surface area contributed by atoms with E-state index in [1.165, 1.54) is 12.1 Å². The Balaban J connectivity index is 1.67. The van der Waals surface area contributed by atoms with Gasteiger partial charge in [0, 0.05) is 18.9 Å². The van der Waals surface area contributed by atoms with E-state index in [0.29, 0.717) is 5.75 Å². The van der Waals surface area contributed by atoms with Crippen LogP contribution in [0.5, 0.6) is 17.4 Å². The summed E-state index contributed by atoms with van der Waals surface area (Å²) in [5.74, 6) is -2.05. The molecule has 8 nitrogen and oxygen atoms in total. The maximum Gasteiger partial charge on any atom is 0.419 e. The third-order valence-electron chi connectivity index (χ3n) is 4.01. The van der Waals surface area contributed by atoms with Crippen LogP contribution in [-0.4, -0.2) is 27.2 Å². The second kappa shape index (κ2) is 7.97. The van der Waals surface area contributed by atoms with E-state index in [-0.39, 0.29) is 35.8 Å². The highest BCUT2D eigenvalue weighted by Crippen LogP contribution is 2.25. The largest absolute Gasteiger partial charge is 0.492 e. The van der Waals surface area contributed by atoms with Crippen molar-refractivity contribution in [2.45, 2.75) is 18.9 Å². The highest BCUT2D eigenvalue weighted by molar-refractivity contribution is 5.73. The van der Waals surface area contributed by atoms with Gasteiger partial charge in [0.2, 0.25) is 5.88 Å². The fourth-order valence-corrected chi connectivity index (χ4v) is 2.55. The van der Waals surface area contributed by atoms with Crippen molar-refractivity contribution in [3.63, 3.8) is 0 Å². The Morgan fingerprint density at radius 2 is 1.89 bits per heavy atom. The zero-order valence-corrected chi connectivity index (χ0v) is 14.5. The first-order chi connectivity index (χ1) is 13.3. The second-order valence-corrected chi connectivity index (χ2v) is 6.11. The maximum absolute atomic E-state index is 14.1. The van der Waals surface area contributed by atoms with E-state index in [9.17, 15) is 19.1 Å². The quantitative estimate of drug-likeness (QED) is 0.486. The monoisotopic (exact) mass is 388 g/mol. The minimum absolute atomic E-state index is 0.121. The molecular formula is C19H17FN2O6. The number of hydrogen-bond acceptors (Lipinski definition) is 6. The van der Waals surface area contributed by atoms with Crippen LogP contribution in [0.25, 0.3) is 0 Å². The van der Waals surface area contributed by atoms with Crippen LogP contribution in [0.15, 0.2) is 51.7 Å². The van der Waals surface area contributed by atoms with Crippen molar-refractivity contribution in [2.24, 2.45) is 5.73 Å². The summed E-state index contributed by atoms with van der Waals surface area (Å²) < 4.78 is 24.5. The fraction of sp³-hybridized carbons (Fsp3) is 0.158. The fourth-order valence-electron chi connectivity index (χ4n) is 2.55. The Labute approximate surface area is 158 Å². The topological polar surface area (TPSA) is 139 Å². The molecule has 0 fully saturated rings. The summed E-state index contributed by atoms with van der Waals surface area (Å²) in [4.78, 5) is 23.9. The Kier molecular flexibility index (Phi) is 5.46. The van der Waals surface area contributed by atoms with E-state index in [4.69, 9.17) is 20.0 Å². The van der Waals surface area contributed by atoms with Crippen LogP contribution in [0.4, 0.5) is 4.39 Å². The number of carboxylic acid groups (broad SMARTS) is 1. The molecule has 5 N–H and O–H groups in total. The first kappa shape index (κ1) is 19.2. The van der Waals surface area contributed by atoms with E-state index in [0.717, 1.165) is 11.6 Å². The number of oxazole rings is 1. The summed E-state index contributed by atoms with van der Waals surface area (Å²) in [5, 5.41) is 18.3. The SMILES string of the molecule is NC(Cc1ccc(Oc2ccc(Cc3oc(=O)[nH]c3O)cc2)cc1F)C(=O)O. The Bertz CT molecular complexity index is 1040. The van der Waals surface area contributed by atoms with Crippen molar-refractivity contribution < 1.29 is 28.6 Å². The third kappa shape index (κ3) is 4.57. The summed E-state index contributed by atoms with van der Waals surface area (Å²) in [6.07, 6.45) is 0.0796. The van der Waals surface area contributed by atoms with Crippen molar-refractivity contribution in [3.8, 4) is 17.4 Å². The molecule has 9 heteroatoms. The maximum atomic E-state index is 14.1. The van der Waals surface area contributed by atoms with Gasteiger partial charge in [0.1, 0.15) is 23.4 Å². The van der Waals surface area contributed by atoms with Crippen molar-refractivity contribution in [1.82, 2.24) is 4.98 Å². The Morgan fingerprint density at radius 3 is 2.46 bits per heavy atom. The zero-order valence-electron chi connectivity index (χ0n) is 14.5. The molecule has 0 aliphatic heterocycles. The number of nitrogens with one attached hydrogen (secondary N) is 1. The minimum atomic E-state index is -1.20. The standard InChI is InChI=1S/C19H17FN2O6/c20-14-9-13(6-3-11(14)8-15(21)18(24)25)27-12-4-1-10(2-5-12)7-16-17(23)22-19(26)28-16/h1-6,9,15,23H,7-8,21H2,(H,22,26)(H,24,25). The van der Waals surface area contributed by atoms with Crippen LogP contribution in [0.1, 0.15) is 16.9 Å². The van der Waals surface area contributed by atoms with Crippen LogP contribution in [0.3, 0.4) is 0 Å². The molecule has 28 heavy (non-hydrogen) atoms. The van der Waals surface area contributed by atoms with Gasteiger partial charge in [-0.1, -0.05) is 18.2 Å². The van der Waals surface area contributed by atoms with Gasteiger partial charge in [0.25, 0.3) is 0 Å². The second-order valence-electron chi connectivity index (χ2n) is 6.11. The smallest absolute Gasteiger partial charge is 0.419 e. The average Bonchev–Trinajstić information content (AvgIpc) is 2.96. The number of carboxylic acids is 1. The number of H-pyrrole nitrogens is 1. The lowest BCUT2D eigenvalue weighted by molar-refractivity contribution is -0.138. The van der Waals surface area contributed by atoms with Crippen molar-refractivity contribution >= 4 is 5.97 Å². The summed E-state index contributed by atoms with van der Waals surface area (Å²) in [6, 6.07) is 9.62. The molecule has 0 aliphatic carbocycles. The molecule has 1 unspecified atom stereocenters. The summed E-state index contributed by atoms with van der Waals surface area (Å²) in [6.45, 7) is 0. The number of aromatic hydroxyl groups is 1. The minimum Gasteiger partial charge on any atom is -0.492 e. The number of rotatable bonds is 7. The van der Waals surface area contributed by atoms with Crippen molar-refractivity contribution in [2.75, 3.05) is 0 Å². The molecule has 1 atom stereocenters. The number of hydrogen-bond donors (Lipinski definition) is 4. The molecule has 3 rings (SSSR count). The number of aromatic nitrogens is 1. The van der Waals surface area contributed by atoms with E-state index in [2.05, 4.69) is 4.98 Å². The van der Waals surface area contributed by atoms with E-state index in [1.54, 1.807) is 24.3 Å². The molecule has 0 spiro atoms. The molecule has 0 bridgehead atoms. The number of carbonyl (C=O) groups is 1.